The van der Waals surface area contributed by atoms with Gasteiger partial charge in [0.2, 0.25) is 11.8 Å². The molecule has 0 saturated carbocycles. The predicted octanol–water partition coefficient (Wildman–Crippen LogP) is 2.74. The molecule has 2 aliphatic heterocycles. The van der Waals surface area contributed by atoms with Crippen LogP contribution in [0.25, 0.3) is 0 Å². The number of nitrogens with zero attached hydrogens (tertiary/aromatic N) is 2. The lowest BCUT2D eigenvalue weighted by Gasteiger charge is -2.19. The highest BCUT2D eigenvalue weighted by molar-refractivity contribution is 8.15. The third-order valence-corrected chi connectivity index (χ3v) is 4.90. The molecule has 1 unspecified atom stereocenters. The lowest BCUT2D eigenvalue weighted by molar-refractivity contribution is -0.137. The van der Waals surface area contributed by atoms with E-state index in [0.29, 0.717) is 18.3 Å². The first-order valence-electron chi connectivity index (χ1n) is 7.35. The fourth-order valence-corrected chi connectivity index (χ4v) is 3.77. The number of nitrogens with one attached hydrogen (secondary N) is 1. The normalized spacial score (nSPS) is 20.6. The average molecular weight is 357 g/mol. The molecular weight excluding hydrogens is 343 g/mol. The van der Waals surface area contributed by atoms with Crippen molar-refractivity contribution in [2.24, 2.45) is 4.99 Å². The molecule has 1 aromatic rings. The van der Waals surface area contributed by atoms with Gasteiger partial charge < -0.3 is 5.32 Å². The summed E-state index contributed by atoms with van der Waals surface area (Å²) in [6.07, 6.45) is -3.98. The molecule has 0 radical (unpaired) electrons. The van der Waals surface area contributed by atoms with Crippen LogP contribution in [-0.4, -0.2) is 40.2 Å². The third-order valence-electron chi connectivity index (χ3n) is 3.68. The highest BCUT2D eigenvalue weighted by Gasteiger charge is 2.40. The quantitative estimate of drug-likeness (QED) is 0.905. The number of hydrogen-bond acceptors (Lipinski definition) is 4. The molecule has 2 heterocycles. The SMILES string of the molecule is O=C(CC1SC2=NCCCN2C1=O)Nc1ccccc1C(F)(F)F. The Kier molecular flexibility index (Phi) is 4.53. The molecule has 0 aromatic heterocycles. The summed E-state index contributed by atoms with van der Waals surface area (Å²) >= 11 is 1.19. The summed E-state index contributed by atoms with van der Waals surface area (Å²) in [4.78, 5) is 30.1. The zero-order valence-corrected chi connectivity index (χ0v) is 13.3. The maximum Gasteiger partial charge on any atom is 0.418 e. The van der Waals surface area contributed by atoms with Gasteiger partial charge in [-0.05, 0) is 18.6 Å². The van der Waals surface area contributed by atoms with Crippen LogP contribution in [0.15, 0.2) is 29.3 Å². The van der Waals surface area contributed by atoms with Crippen LogP contribution in [0.3, 0.4) is 0 Å². The van der Waals surface area contributed by atoms with Crippen molar-refractivity contribution < 1.29 is 22.8 Å². The van der Waals surface area contributed by atoms with Crippen LogP contribution in [0.5, 0.6) is 0 Å². The molecule has 128 valence electrons. The molecule has 3 rings (SSSR count). The van der Waals surface area contributed by atoms with Crippen LogP contribution in [0.2, 0.25) is 0 Å². The van der Waals surface area contributed by atoms with Gasteiger partial charge in [0.1, 0.15) is 5.25 Å². The number of amidine groups is 1. The van der Waals surface area contributed by atoms with Crippen molar-refractivity contribution in [3.8, 4) is 0 Å². The number of para-hydroxylation sites is 1. The number of fused-ring (bicyclic) bond motifs is 1. The van der Waals surface area contributed by atoms with E-state index in [1.165, 1.54) is 34.9 Å². The van der Waals surface area contributed by atoms with E-state index in [2.05, 4.69) is 10.3 Å². The van der Waals surface area contributed by atoms with E-state index in [9.17, 15) is 22.8 Å². The minimum atomic E-state index is -4.56. The van der Waals surface area contributed by atoms with Crippen LogP contribution in [-0.2, 0) is 15.8 Å². The van der Waals surface area contributed by atoms with Crippen molar-refractivity contribution in [2.45, 2.75) is 24.3 Å². The highest BCUT2D eigenvalue weighted by atomic mass is 32.2. The van der Waals surface area contributed by atoms with Gasteiger partial charge in [-0.1, -0.05) is 23.9 Å². The Hall–Kier alpha value is -2.03. The standard InChI is InChI=1S/C15H14F3N3O2S/c16-15(17,18)9-4-1-2-5-10(9)20-12(22)8-11-13(23)21-7-3-6-19-14(21)24-11/h1-2,4-5,11H,3,6-8H2,(H,20,22). The number of hydrogen-bond donors (Lipinski definition) is 1. The third kappa shape index (κ3) is 3.40. The largest absolute Gasteiger partial charge is 0.418 e. The van der Waals surface area contributed by atoms with E-state index in [4.69, 9.17) is 0 Å². The van der Waals surface area contributed by atoms with E-state index >= 15 is 0 Å². The molecular formula is C15H14F3N3O2S. The van der Waals surface area contributed by atoms with Crippen molar-refractivity contribution in [3.63, 3.8) is 0 Å². The summed E-state index contributed by atoms with van der Waals surface area (Å²) < 4.78 is 38.8. The monoisotopic (exact) mass is 357 g/mol. The first kappa shape index (κ1) is 16.8. The Morgan fingerprint density at radius 3 is 2.83 bits per heavy atom. The molecule has 5 nitrogen and oxygen atoms in total. The maximum absolute atomic E-state index is 12.9. The Balaban J connectivity index is 1.68. The van der Waals surface area contributed by atoms with Gasteiger partial charge in [-0.15, -0.1) is 0 Å². The van der Waals surface area contributed by atoms with Gasteiger partial charge >= 0.3 is 6.18 Å². The Labute approximate surface area is 140 Å². The second-order valence-electron chi connectivity index (χ2n) is 5.41. The summed E-state index contributed by atoms with van der Waals surface area (Å²) in [5.74, 6) is -0.837. The van der Waals surface area contributed by atoms with Crippen LogP contribution < -0.4 is 5.32 Å². The topological polar surface area (TPSA) is 61.8 Å². The summed E-state index contributed by atoms with van der Waals surface area (Å²) in [5, 5.41) is 2.22. The van der Waals surface area contributed by atoms with Crippen molar-refractivity contribution >= 4 is 34.4 Å². The number of thioether (sulfide) groups is 1. The number of aliphatic imine (C=N–C) groups is 1. The molecule has 9 heteroatoms. The molecule has 0 spiro atoms. The smallest absolute Gasteiger partial charge is 0.325 e. The van der Waals surface area contributed by atoms with E-state index in [0.717, 1.165) is 12.5 Å². The summed E-state index contributed by atoms with van der Waals surface area (Å²) in [7, 11) is 0. The zero-order valence-electron chi connectivity index (χ0n) is 12.5. The predicted molar refractivity (Wildman–Crippen MR) is 84.7 cm³/mol. The number of anilines is 1. The zero-order chi connectivity index (χ0) is 17.3. The second-order valence-corrected chi connectivity index (χ2v) is 6.58. The second kappa shape index (κ2) is 6.46. The lowest BCUT2D eigenvalue weighted by Crippen LogP contribution is -2.36. The van der Waals surface area contributed by atoms with Crippen molar-refractivity contribution in [2.75, 3.05) is 18.4 Å². The van der Waals surface area contributed by atoms with E-state index in [-0.39, 0.29) is 18.0 Å². The van der Waals surface area contributed by atoms with E-state index < -0.39 is 22.9 Å². The Morgan fingerprint density at radius 2 is 2.12 bits per heavy atom. The van der Waals surface area contributed by atoms with Crippen molar-refractivity contribution in [1.82, 2.24) is 4.90 Å². The summed E-state index contributed by atoms with van der Waals surface area (Å²) in [6, 6.07) is 4.76. The fraction of sp³-hybridized carbons (Fsp3) is 0.400. The Bertz CT molecular complexity index is 705. The lowest BCUT2D eigenvalue weighted by atomic mass is 10.1. The molecule has 2 amide bonds. The average Bonchev–Trinajstić information content (AvgIpc) is 2.83. The number of carbonyl (C=O) groups excluding carboxylic acids is 2. The molecule has 1 saturated heterocycles. The van der Waals surface area contributed by atoms with Gasteiger partial charge in [0.05, 0.1) is 11.3 Å². The number of benzene rings is 1. The van der Waals surface area contributed by atoms with Gasteiger partial charge in [-0.3, -0.25) is 19.5 Å². The number of alkyl halides is 3. The minimum absolute atomic E-state index is 0.189. The summed E-state index contributed by atoms with van der Waals surface area (Å²) in [6.45, 7) is 1.21. The Morgan fingerprint density at radius 1 is 1.38 bits per heavy atom. The molecule has 2 aliphatic rings. The van der Waals surface area contributed by atoms with Crippen LogP contribution in [0.1, 0.15) is 18.4 Å². The van der Waals surface area contributed by atoms with Gasteiger partial charge in [-0.2, -0.15) is 13.2 Å². The van der Waals surface area contributed by atoms with Gasteiger partial charge in [0.15, 0.2) is 5.17 Å². The molecule has 0 bridgehead atoms. The van der Waals surface area contributed by atoms with E-state index in [1.54, 1.807) is 0 Å². The van der Waals surface area contributed by atoms with Crippen LogP contribution >= 0.6 is 11.8 Å². The first-order valence-corrected chi connectivity index (χ1v) is 8.23. The van der Waals surface area contributed by atoms with Gasteiger partial charge in [0, 0.05) is 19.5 Å². The number of halogens is 3. The number of amides is 2. The van der Waals surface area contributed by atoms with Crippen LogP contribution in [0, 0.1) is 0 Å². The minimum Gasteiger partial charge on any atom is -0.325 e. The molecule has 0 aliphatic carbocycles. The van der Waals surface area contributed by atoms with Crippen molar-refractivity contribution in [3.05, 3.63) is 29.8 Å². The van der Waals surface area contributed by atoms with Crippen LogP contribution in [0.4, 0.5) is 18.9 Å². The van der Waals surface area contributed by atoms with Gasteiger partial charge in [-0.25, -0.2) is 0 Å². The molecule has 1 atom stereocenters. The van der Waals surface area contributed by atoms with E-state index in [1.807, 2.05) is 0 Å². The molecule has 1 aromatic carbocycles. The first-order chi connectivity index (χ1) is 11.4. The van der Waals surface area contributed by atoms with Gasteiger partial charge in [0.25, 0.3) is 0 Å². The number of rotatable bonds is 3. The number of carbonyl (C=O) groups is 2. The summed E-state index contributed by atoms with van der Waals surface area (Å²) in [5.41, 5.74) is -1.22. The molecule has 24 heavy (non-hydrogen) atoms. The fourth-order valence-electron chi connectivity index (χ4n) is 2.58. The molecule has 1 fully saturated rings. The highest BCUT2D eigenvalue weighted by Crippen LogP contribution is 2.35. The maximum atomic E-state index is 12.9. The molecule has 1 N–H and O–H groups in total. The van der Waals surface area contributed by atoms with Crippen molar-refractivity contribution in [1.29, 1.82) is 0 Å².